The zero-order chi connectivity index (χ0) is 17.1. The lowest BCUT2D eigenvalue weighted by atomic mass is 9.92. The van der Waals surface area contributed by atoms with Gasteiger partial charge < -0.3 is 15.0 Å². The molecule has 1 aliphatic rings. The summed E-state index contributed by atoms with van der Waals surface area (Å²) in [6.07, 6.45) is 4.72. The molecule has 0 spiro atoms. The maximum Gasteiger partial charge on any atom is 0.261 e. The molecular weight excluding hydrogens is 324 g/mol. The van der Waals surface area contributed by atoms with Crippen molar-refractivity contribution in [3.8, 4) is 0 Å². The zero-order valence-electron chi connectivity index (χ0n) is 14.2. The molecule has 0 aromatic carbocycles. The number of carbonyl (C=O) groups is 1. The van der Waals surface area contributed by atoms with Crippen molar-refractivity contribution in [2.45, 2.75) is 31.9 Å². The highest BCUT2D eigenvalue weighted by molar-refractivity contribution is 7.14. The monoisotopic (exact) mass is 346 g/mol. The summed E-state index contributed by atoms with van der Waals surface area (Å²) in [4.78, 5) is 25.2. The summed E-state index contributed by atoms with van der Waals surface area (Å²) in [5.41, 5.74) is 2.07. The molecule has 6 nitrogen and oxygen atoms in total. The Bertz CT molecular complexity index is 729. The third-order valence-electron chi connectivity index (χ3n) is 4.05. The van der Waals surface area contributed by atoms with Crippen LogP contribution in [0.15, 0.2) is 18.3 Å². The van der Waals surface area contributed by atoms with Crippen LogP contribution in [-0.2, 0) is 17.8 Å². The van der Waals surface area contributed by atoms with E-state index >= 15 is 0 Å². The summed E-state index contributed by atoms with van der Waals surface area (Å²) in [6, 6.07) is 3.76. The van der Waals surface area contributed by atoms with Crippen LogP contribution in [0.25, 0.3) is 0 Å². The van der Waals surface area contributed by atoms with Crippen molar-refractivity contribution >= 4 is 23.2 Å². The first-order valence-corrected chi connectivity index (χ1v) is 8.81. The van der Waals surface area contributed by atoms with Gasteiger partial charge in [-0.15, -0.1) is 11.3 Å². The molecule has 0 saturated carbocycles. The highest BCUT2D eigenvalue weighted by Crippen LogP contribution is 2.29. The van der Waals surface area contributed by atoms with Gasteiger partial charge in [0.05, 0.1) is 23.2 Å². The molecule has 2 heterocycles. The van der Waals surface area contributed by atoms with Gasteiger partial charge in [0.15, 0.2) is 0 Å². The minimum atomic E-state index is -0.0445. The first-order valence-electron chi connectivity index (χ1n) is 8.00. The molecule has 0 fully saturated rings. The summed E-state index contributed by atoms with van der Waals surface area (Å²) in [5, 5.41) is 3.13. The van der Waals surface area contributed by atoms with E-state index in [9.17, 15) is 4.79 Å². The van der Waals surface area contributed by atoms with Crippen LogP contribution in [0.1, 0.15) is 44.7 Å². The second-order valence-electron chi connectivity index (χ2n) is 6.08. The third-order valence-corrected chi connectivity index (χ3v) is 5.10. The van der Waals surface area contributed by atoms with Crippen LogP contribution in [-0.4, -0.2) is 37.1 Å². The molecule has 3 rings (SSSR count). The maximum atomic E-state index is 12.5. The summed E-state index contributed by atoms with van der Waals surface area (Å²) in [6.45, 7) is 0.533. The molecule has 128 valence electrons. The average molecular weight is 346 g/mol. The van der Waals surface area contributed by atoms with Crippen molar-refractivity contribution in [1.82, 2.24) is 15.3 Å². The largest absolute Gasteiger partial charge is 0.379 e. The molecule has 2 aromatic heterocycles. The quantitative estimate of drug-likeness (QED) is 0.901. The summed E-state index contributed by atoms with van der Waals surface area (Å²) in [5.74, 6) is 0.667. The van der Waals surface area contributed by atoms with Gasteiger partial charge in [-0.3, -0.25) is 4.79 Å². The Balaban J connectivity index is 1.75. The van der Waals surface area contributed by atoms with Crippen molar-refractivity contribution in [1.29, 1.82) is 0 Å². The van der Waals surface area contributed by atoms with Crippen molar-refractivity contribution in [2.24, 2.45) is 0 Å². The van der Waals surface area contributed by atoms with Crippen molar-refractivity contribution in [3.05, 3.63) is 39.3 Å². The number of nitrogens with one attached hydrogen (secondary N) is 1. The van der Waals surface area contributed by atoms with E-state index in [1.165, 1.54) is 11.3 Å². The van der Waals surface area contributed by atoms with Crippen LogP contribution in [0.4, 0.5) is 5.95 Å². The molecule has 0 bridgehead atoms. The lowest BCUT2D eigenvalue weighted by molar-refractivity contribution is 0.0936. The van der Waals surface area contributed by atoms with Crippen molar-refractivity contribution in [3.63, 3.8) is 0 Å². The number of aryl methyl sites for hydroxylation is 1. The molecule has 0 saturated heterocycles. The number of ether oxygens (including phenoxy) is 1. The second kappa shape index (κ2) is 7.27. The standard InChI is InChI=1S/C17H22N4O2S/c1-21(2)17-18-9-12-13(5-4-6-14(12)20-17)19-16(22)15-8-7-11(24-15)10-23-3/h7-9,13H,4-6,10H2,1-3H3,(H,19,22)/t13-/m1/s1. The van der Waals surface area contributed by atoms with Gasteiger partial charge in [0.25, 0.3) is 5.91 Å². The molecule has 0 unspecified atom stereocenters. The number of aromatic nitrogens is 2. The van der Waals surface area contributed by atoms with Crippen LogP contribution >= 0.6 is 11.3 Å². The Morgan fingerprint density at radius 3 is 3.04 bits per heavy atom. The molecular formula is C17H22N4O2S. The van der Waals surface area contributed by atoms with Crippen molar-refractivity contribution in [2.75, 3.05) is 26.1 Å². The summed E-state index contributed by atoms with van der Waals surface area (Å²) in [7, 11) is 5.51. The van der Waals surface area contributed by atoms with Gasteiger partial charge in [-0.05, 0) is 31.4 Å². The lowest BCUT2D eigenvalue weighted by Crippen LogP contribution is -2.31. The van der Waals surface area contributed by atoms with E-state index in [0.29, 0.717) is 17.4 Å². The fraction of sp³-hybridized carbons (Fsp3) is 0.471. The van der Waals surface area contributed by atoms with E-state index < -0.39 is 0 Å². The highest BCUT2D eigenvalue weighted by Gasteiger charge is 2.25. The average Bonchev–Trinajstić information content (AvgIpc) is 3.04. The van der Waals surface area contributed by atoms with Crippen LogP contribution < -0.4 is 10.2 Å². The van der Waals surface area contributed by atoms with E-state index in [1.54, 1.807) is 7.11 Å². The lowest BCUT2D eigenvalue weighted by Gasteiger charge is -2.26. The fourth-order valence-electron chi connectivity index (χ4n) is 2.85. The Kier molecular flexibility index (Phi) is 5.11. The number of anilines is 1. The number of rotatable bonds is 5. The van der Waals surface area contributed by atoms with Crippen LogP contribution in [0.3, 0.4) is 0 Å². The minimum Gasteiger partial charge on any atom is -0.379 e. The molecule has 1 amide bonds. The molecule has 1 atom stereocenters. The molecule has 1 N–H and O–H groups in total. The number of carbonyl (C=O) groups excluding carboxylic acids is 1. The van der Waals surface area contributed by atoms with Gasteiger partial charge in [-0.25, -0.2) is 9.97 Å². The summed E-state index contributed by atoms with van der Waals surface area (Å²) < 4.78 is 5.11. The topological polar surface area (TPSA) is 67.3 Å². The van der Waals surface area contributed by atoms with Gasteiger partial charge in [0.1, 0.15) is 0 Å². The first kappa shape index (κ1) is 16.9. The number of nitrogens with zero attached hydrogens (tertiary/aromatic N) is 3. The van der Waals surface area contributed by atoms with E-state index in [-0.39, 0.29) is 11.9 Å². The normalized spacial score (nSPS) is 16.5. The van der Waals surface area contributed by atoms with E-state index in [0.717, 1.165) is 35.4 Å². The van der Waals surface area contributed by atoms with Crippen LogP contribution in [0.5, 0.6) is 0 Å². The number of methoxy groups -OCH3 is 1. The van der Waals surface area contributed by atoms with Gasteiger partial charge in [0, 0.05) is 37.8 Å². The Morgan fingerprint density at radius 1 is 1.46 bits per heavy atom. The Morgan fingerprint density at radius 2 is 2.29 bits per heavy atom. The highest BCUT2D eigenvalue weighted by atomic mass is 32.1. The number of amides is 1. The summed E-state index contributed by atoms with van der Waals surface area (Å²) >= 11 is 1.47. The van der Waals surface area contributed by atoms with E-state index in [4.69, 9.17) is 4.74 Å². The Hall–Kier alpha value is -1.99. The number of thiophene rings is 1. The number of hydrogen-bond acceptors (Lipinski definition) is 6. The second-order valence-corrected chi connectivity index (χ2v) is 7.25. The van der Waals surface area contributed by atoms with E-state index in [2.05, 4.69) is 15.3 Å². The zero-order valence-corrected chi connectivity index (χ0v) is 15.0. The number of hydrogen-bond donors (Lipinski definition) is 1. The molecule has 2 aromatic rings. The van der Waals surface area contributed by atoms with Gasteiger partial charge in [-0.2, -0.15) is 0 Å². The predicted molar refractivity (Wildman–Crippen MR) is 94.5 cm³/mol. The number of fused-ring (bicyclic) bond motifs is 1. The molecule has 7 heteroatoms. The van der Waals surface area contributed by atoms with Gasteiger partial charge in [-0.1, -0.05) is 0 Å². The minimum absolute atomic E-state index is 0.0227. The molecule has 0 radical (unpaired) electrons. The first-order chi connectivity index (χ1) is 11.6. The van der Waals surface area contributed by atoms with Crippen molar-refractivity contribution < 1.29 is 9.53 Å². The van der Waals surface area contributed by atoms with Crippen LogP contribution in [0, 0.1) is 0 Å². The van der Waals surface area contributed by atoms with Gasteiger partial charge >= 0.3 is 0 Å². The Labute approximate surface area is 145 Å². The predicted octanol–water partition coefficient (Wildman–Crippen LogP) is 2.56. The fourth-order valence-corrected chi connectivity index (χ4v) is 3.73. The van der Waals surface area contributed by atoms with E-state index in [1.807, 2.05) is 37.3 Å². The molecule has 1 aliphatic carbocycles. The smallest absolute Gasteiger partial charge is 0.261 e. The van der Waals surface area contributed by atoms with Crippen LogP contribution in [0.2, 0.25) is 0 Å². The third kappa shape index (κ3) is 3.57. The molecule has 24 heavy (non-hydrogen) atoms. The van der Waals surface area contributed by atoms with Gasteiger partial charge in [0.2, 0.25) is 5.95 Å². The maximum absolute atomic E-state index is 12.5. The molecule has 0 aliphatic heterocycles. The SMILES string of the molecule is COCc1ccc(C(=O)N[C@@H]2CCCc3nc(N(C)C)ncc32)s1.